The number of aromatic hydroxyl groups is 1. The fourth-order valence-corrected chi connectivity index (χ4v) is 3.16. The largest absolute Gasteiger partial charge is 0.507 e. The van der Waals surface area contributed by atoms with Gasteiger partial charge in [-0.05, 0) is 30.9 Å². The van der Waals surface area contributed by atoms with E-state index in [9.17, 15) is 5.11 Å². The van der Waals surface area contributed by atoms with E-state index in [0.29, 0.717) is 17.6 Å². The summed E-state index contributed by atoms with van der Waals surface area (Å²) < 4.78 is 5.81. The van der Waals surface area contributed by atoms with Crippen LogP contribution in [-0.2, 0) is 6.42 Å². The van der Waals surface area contributed by atoms with Crippen molar-refractivity contribution in [2.24, 2.45) is 5.92 Å². The van der Waals surface area contributed by atoms with E-state index < -0.39 is 0 Å². The van der Waals surface area contributed by atoms with Gasteiger partial charge in [-0.3, -0.25) is 0 Å². The van der Waals surface area contributed by atoms with Gasteiger partial charge in [-0.2, -0.15) is 0 Å². The molecular weight excluding hydrogens is 224 g/mol. The average Bonchev–Trinajstić information content (AvgIpc) is 2.41. The number of benzene rings is 1. The first-order valence-electron chi connectivity index (χ1n) is 6.95. The molecule has 0 saturated carbocycles. The fraction of sp³-hybridized carbons (Fsp3) is 0.500. The minimum atomic E-state index is 0.347. The lowest BCUT2D eigenvalue weighted by molar-refractivity contribution is 0.193. The molecule has 1 aromatic rings. The van der Waals surface area contributed by atoms with E-state index in [-0.39, 0.29) is 0 Å². The number of fused-ring (bicyclic) bond motifs is 3. The number of phenolic OH excluding ortho intramolecular Hbond substituents is 1. The van der Waals surface area contributed by atoms with Crippen molar-refractivity contribution in [3.05, 3.63) is 35.4 Å². The van der Waals surface area contributed by atoms with Gasteiger partial charge in [0.1, 0.15) is 11.5 Å². The number of hydrogen-bond acceptors (Lipinski definition) is 2. The van der Waals surface area contributed by atoms with E-state index in [4.69, 9.17) is 4.74 Å². The molecule has 1 aliphatic heterocycles. The molecule has 0 saturated heterocycles. The summed E-state index contributed by atoms with van der Waals surface area (Å²) in [6, 6.07) is 4.03. The third-order valence-electron chi connectivity index (χ3n) is 4.12. The smallest absolute Gasteiger partial charge is 0.126 e. The number of allylic oxidation sites excluding steroid dienone is 2. The summed E-state index contributed by atoms with van der Waals surface area (Å²) in [5, 5.41) is 10.5. The second kappa shape index (κ2) is 4.68. The van der Waals surface area contributed by atoms with E-state index in [1.54, 1.807) is 0 Å². The van der Waals surface area contributed by atoms with Gasteiger partial charge in [0.2, 0.25) is 0 Å². The highest BCUT2D eigenvalue weighted by atomic mass is 16.5. The van der Waals surface area contributed by atoms with Crippen LogP contribution in [0.2, 0.25) is 0 Å². The lowest BCUT2D eigenvalue weighted by Crippen LogP contribution is -2.26. The van der Waals surface area contributed by atoms with Crippen LogP contribution in [0.4, 0.5) is 0 Å². The van der Waals surface area contributed by atoms with Crippen molar-refractivity contribution in [1.82, 2.24) is 0 Å². The summed E-state index contributed by atoms with van der Waals surface area (Å²) in [5.74, 6) is 2.22. The predicted octanol–water partition coefficient (Wildman–Crippen LogP) is 3.79. The van der Waals surface area contributed by atoms with Crippen molar-refractivity contribution in [2.45, 2.75) is 38.5 Å². The quantitative estimate of drug-likeness (QED) is 0.802. The lowest BCUT2D eigenvalue weighted by Gasteiger charge is -2.34. The maximum atomic E-state index is 10.5. The second-order valence-corrected chi connectivity index (χ2v) is 5.34. The standard InChI is InChI=1S/C16H20O2/c1-2-5-11-8-9-14-15(16(11)17)13-7-4-3-6-12(13)10-18-14/h4,7-9,12-13,17H,2-3,5-6,10H2,1H3. The first-order chi connectivity index (χ1) is 8.81. The molecular formula is C16H20O2. The van der Waals surface area contributed by atoms with Crippen molar-refractivity contribution in [3.63, 3.8) is 0 Å². The highest BCUT2D eigenvalue weighted by molar-refractivity contribution is 5.54. The predicted molar refractivity (Wildman–Crippen MR) is 72.2 cm³/mol. The molecule has 0 aromatic heterocycles. The summed E-state index contributed by atoms with van der Waals surface area (Å²) >= 11 is 0. The van der Waals surface area contributed by atoms with Crippen LogP contribution >= 0.6 is 0 Å². The van der Waals surface area contributed by atoms with Crippen LogP contribution in [0.15, 0.2) is 24.3 Å². The number of hydrogen-bond donors (Lipinski definition) is 1. The number of ether oxygens (including phenoxy) is 1. The third kappa shape index (κ3) is 1.80. The van der Waals surface area contributed by atoms with Crippen molar-refractivity contribution in [2.75, 3.05) is 6.61 Å². The van der Waals surface area contributed by atoms with Gasteiger partial charge in [-0.1, -0.05) is 31.6 Å². The molecule has 96 valence electrons. The molecule has 3 rings (SSSR count). The maximum absolute atomic E-state index is 10.5. The minimum absolute atomic E-state index is 0.347. The Hall–Kier alpha value is -1.44. The SMILES string of the molecule is CCCc1ccc2c(c1O)C1C=CCCC1CO2. The molecule has 0 bridgehead atoms. The maximum Gasteiger partial charge on any atom is 0.126 e. The van der Waals surface area contributed by atoms with Crippen molar-refractivity contribution < 1.29 is 9.84 Å². The Morgan fingerprint density at radius 3 is 3.11 bits per heavy atom. The molecule has 2 unspecified atom stereocenters. The summed E-state index contributed by atoms with van der Waals surface area (Å²) in [6.07, 6.45) is 8.78. The van der Waals surface area contributed by atoms with Gasteiger partial charge in [0.05, 0.1) is 6.61 Å². The molecule has 1 N–H and O–H groups in total. The van der Waals surface area contributed by atoms with Crippen LogP contribution in [0.1, 0.15) is 43.2 Å². The first kappa shape index (κ1) is 11.6. The van der Waals surface area contributed by atoms with Crippen LogP contribution in [-0.4, -0.2) is 11.7 Å². The van der Waals surface area contributed by atoms with Gasteiger partial charge in [0.15, 0.2) is 0 Å². The number of aryl methyl sites for hydroxylation is 1. The summed E-state index contributed by atoms with van der Waals surface area (Å²) in [7, 11) is 0. The molecule has 0 fully saturated rings. The zero-order valence-corrected chi connectivity index (χ0v) is 10.9. The zero-order valence-electron chi connectivity index (χ0n) is 10.9. The number of phenols is 1. The normalized spacial score (nSPS) is 25.2. The lowest BCUT2D eigenvalue weighted by atomic mass is 9.77. The highest BCUT2D eigenvalue weighted by Crippen LogP contribution is 2.47. The van der Waals surface area contributed by atoms with E-state index in [1.165, 1.54) is 0 Å². The van der Waals surface area contributed by atoms with Gasteiger partial charge < -0.3 is 9.84 Å². The second-order valence-electron chi connectivity index (χ2n) is 5.34. The summed E-state index contributed by atoms with van der Waals surface area (Å²) in [5.41, 5.74) is 2.08. The Morgan fingerprint density at radius 1 is 1.39 bits per heavy atom. The Morgan fingerprint density at radius 2 is 2.28 bits per heavy atom. The van der Waals surface area contributed by atoms with E-state index in [1.807, 2.05) is 12.1 Å². The Bertz CT molecular complexity index is 476. The molecule has 1 aromatic carbocycles. The summed E-state index contributed by atoms with van der Waals surface area (Å²) in [4.78, 5) is 0. The van der Waals surface area contributed by atoms with Gasteiger partial charge >= 0.3 is 0 Å². The minimum Gasteiger partial charge on any atom is -0.507 e. The average molecular weight is 244 g/mol. The van der Waals surface area contributed by atoms with Gasteiger partial charge in [0, 0.05) is 17.4 Å². The highest BCUT2D eigenvalue weighted by Gasteiger charge is 2.33. The van der Waals surface area contributed by atoms with Crippen LogP contribution in [0.5, 0.6) is 11.5 Å². The van der Waals surface area contributed by atoms with Crippen LogP contribution < -0.4 is 4.74 Å². The molecule has 2 atom stereocenters. The van der Waals surface area contributed by atoms with E-state index in [2.05, 4.69) is 19.1 Å². The van der Waals surface area contributed by atoms with Crippen molar-refractivity contribution in [3.8, 4) is 11.5 Å². The monoisotopic (exact) mass is 244 g/mol. The van der Waals surface area contributed by atoms with E-state index >= 15 is 0 Å². The molecule has 1 aliphatic carbocycles. The van der Waals surface area contributed by atoms with Crippen molar-refractivity contribution in [1.29, 1.82) is 0 Å². The van der Waals surface area contributed by atoms with E-state index in [0.717, 1.165) is 49.2 Å². The Balaban J connectivity index is 2.07. The third-order valence-corrected chi connectivity index (χ3v) is 4.12. The van der Waals surface area contributed by atoms with Crippen LogP contribution in [0, 0.1) is 5.92 Å². The molecule has 0 radical (unpaired) electrons. The molecule has 0 spiro atoms. The number of rotatable bonds is 2. The Labute approximate surface area is 108 Å². The molecule has 18 heavy (non-hydrogen) atoms. The topological polar surface area (TPSA) is 29.5 Å². The molecule has 2 aliphatic rings. The van der Waals surface area contributed by atoms with Crippen LogP contribution in [0.3, 0.4) is 0 Å². The molecule has 0 amide bonds. The van der Waals surface area contributed by atoms with Gasteiger partial charge in [0.25, 0.3) is 0 Å². The van der Waals surface area contributed by atoms with Crippen molar-refractivity contribution >= 4 is 0 Å². The molecule has 2 nitrogen and oxygen atoms in total. The molecule has 1 heterocycles. The van der Waals surface area contributed by atoms with Gasteiger partial charge in [-0.25, -0.2) is 0 Å². The molecule has 2 heteroatoms. The van der Waals surface area contributed by atoms with Crippen LogP contribution in [0.25, 0.3) is 0 Å². The van der Waals surface area contributed by atoms with Gasteiger partial charge in [-0.15, -0.1) is 0 Å². The first-order valence-corrected chi connectivity index (χ1v) is 6.95. The Kier molecular flexibility index (Phi) is 3.02. The zero-order chi connectivity index (χ0) is 12.5. The summed E-state index contributed by atoms with van der Waals surface area (Å²) in [6.45, 7) is 2.92. The fourth-order valence-electron chi connectivity index (χ4n) is 3.16.